The van der Waals surface area contributed by atoms with Gasteiger partial charge < -0.3 is 9.64 Å². The molecule has 1 aromatic carbocycles. The molecule has 1 atom stereocenters. The van der Waals surface area contributed by atoms with Gasteiger partial charge in [-0.25, -0.2) is 0 Å². The highest BCUT2D eigenvalue weighted by Gasteiger charge is 2.23. The molecule has 1 saturated heterocycles. The van der Waals surface area contributed by atoms with E-state index in [1.165, 1.54) is 17.3 Å². The van der Waals surface area contributed by atoms with E-state index in [0.29, 0.717) is 13.2 Å². The normalized spacial score (nSPS) is 16.2. The van der Waals surface area contributed by atoms with Crippen molar-refractivity contribution in [1.82, 2.24) is 14.8 Å². The summed E-state index contributed by atoms with van der Waals surface area (Å²) in [6, 6.07) is 8.26. The van der Waals surface area contributed by atoms with Crippen LogP contribution in [0.5, 0.6) is 0 Å². The minimum atomic E-state index is -0.157. The largest absolute Gasteiger partial charge is 0.378 e. The number of carbonyl (C=O) groups excluding carboxylic acids is 1. The maximum atomic E-state index is 11.6. The number of hydrogen-bond donors (Lipinski definition) is 0. The zero-order valence-electron chi connectivity index (χ0n) is 14.2. The second-order valence-electron chi connectivity index (χ2n) is 5.92. The molecule has 1 aliphatic heterocycles. The smallest absolute Gasteiger partial charge is 0.232 e. The molecule has 0 amide bonds. The Bertz CT molecular complexity index is 708. The summed E-state index contributed by atoms with van der Waals surface area (Å²) in [4.78, 5) is 13.8. The van der Waals surface area contributed by atoms with Crippen LogP contribution < -0.4 is 4.90 Å². The lowest BCUT2D eigenvalue weighted by Crippen LogP contribution is -2.37. The number of nitrogens with zero attached hydrogens (tertiary/aromatic N) is 4. The van der Waals surface area contributed by atoms with Gasteiger partial charge in [-0.1, -0.05) is 29.5 Å². The van der Waals surface area contributed by atoms with Crippen LogP contribution in [0.1, 0.15) is 19.4 Å². The summed E-state index contributed by atoms with van der Waals surface area (Å²) in [7, 11) is 0. The van der Waals surface area contributed by atoms with Crippen LogP contribution >= 0.6 is 11.8 Å². The van der Waals surface area contributed by atoms with E-state index in [9.17, 15) is 4.79 Å². The molecular weight excluding hydrogens is 324 g/mol. The van der Waals surface area contributed by atoms with Crippen LogP contribution in [0.4, 0.5) is 5.95 Å². The molecular formula is C17H22N4O2S. The van der Waals surface area contributed by atoms with Crippen LogP contribution in [0.3, 0.4) is 0 Å². The molecule has 1 aliphatic rings. The van der Waals surface area contributed by atoms with Crippen molar-refractivity contribution in [3.05, 3.63) is 29.8 Å². The highest BCUT2D eigenvalue weighted by atomic mass is 32.2. The molecule has 7 heteroatoms. The SMILES string of the molecule is CC(=O)[C@H](C)Sc1nnc(N2CCOCC2)n1-c1ccc(C)cc1. The van der Waals surface area contributed by atoms with E-state index in [0.717, 1.165) is 29.9 Å². The molecule has 0 bridgehead atoms. The van der Waals surface area contributed by atoms with Gasteiger partial charge in [0, 0.05) is 13.1 Å². The summed E-state index contributed by atoms with van der Waals surface area (Å²) in [5, 5.41) is 9.34. The zero-order chi connectivity index (χ0) is 17.1. The van der Waals surface area contributed by atoms with Crippen molar-refractivity contribution in [1.29, 1.82) is 0 Å². The molecule has 2 heterocycles. The third-order valence-electron chi connectivity index (χ3n) is 4.06. The van der Waals surface area contributed by atoms with Gasteiger partial charge in [0.15, 0.2) is 5.16 Å². The number of morpholine rings is 1. The minimum absolute atomic E-state index is 0.131. The molecule has 128 valence electrons. The molecule has 0 aliphatic carbocycles. The fourth-order valence-corrected chi connectivity index (χ4v) is 3.33. The number of aryl methyl sites for hydroxylation is 1. The van der Waals surface area contributed by atoms with Crippen molar-refractivity contribution < 1.29 is 9.53 Å². The average Bonchev–Trinajstić information content (AvgIpc) is 3.00. The summed E-state index contributed by atoms with van der Waals surface area (Å²) in [6.07, 6.45) is 0. The molecule has 1 fully saturated rings. The fourth-order valence-electron chi connectivity index (χ4n) is 2.47. The number of aromatic nitrogens is 3. The van der Waals surface area contributed by atoms with Gasteiger partial charge in [-0.3, -0.25) is 9.36 Å². The summed E-state index contributed by atoms with van der Waals surface area (Å²) >= 11 is 1.44. The molecule has 2 aromatic rings. The maximum Gasteiger partial charge on any atom is 0.232 e. The van der Waals surface area contributed by atoms with Gasteiger partial charge >= 0.3 is 0 Å². The number of ether oxygens (including phenoxy) is 1. The van der Waals surface area contributed by atoms with Crippen LogP contribution in [0.25, 0.3) is 5.69 Å². The summed E-state index contributed by atoms with van der Waals surface area (Å²) < 4.78 is 7.47. The number of hydrogen-bond acceptors (Lipinski definition) is 6. The van der Waals surface area contributed by atoms with Crippen molar-refractivity contribution in [2.75, 3.05) is 31.2 Å². The van der Waals surface area contributed by atoms with E-state index in [-0.39, 0.29) is 11.0 Å². The van der Waals surface area contributed by atoms with Gasteiger partial charge in [0.2, 0.25) is 5.95 Å². The molecule has 0 saturated carbocycles. The third kappa shape index (κ3) is 3.62. The van der Waals surface area contributed by atoms with Crippen LogP contribution in [0.15, 0.2) is 29.4 Å². The quantitative estimate of drug-likeness (QED) is 0.775. The Balaban J connectivity index is 2.01. The van der Waals surface area contributed by atoms with E-state index >= 15 is 0 Å². The molecule has 24 heavy (non-hydrogen) atoms. The van der Waals surface area contributed by atoms with E-state index in [1.807, 2.05) is 11.5 Å². The summed E-state index contributed by atoms with van der Waals surface area (Å²) in [5.41, 5.74) is 2.20. The highest BCUT2D eigenvalue weighted by Crippen LogP contribution is 2.29. The van der Waals surface area contributed by atoms with Crippen molar-refractivity contribution in [2.24, 2.45) is 0 Å². The lowest BCUT2D eigenvalue weighted by Gasteiger charge is -2.28. The Kier molecular flexibility index (Phi) is 5.20. The number of carbonyl (C=O) groups is 1. The predicted molar refractivity (Wildman–Crippen MR) is 95.1 cm³/mol. The number of anilines is 1. The van der Waals surface area contributed by atoms with Crippen molar-refractivity contribution in [2.45, 2.75) is 31.2 Å². The first kappa shape index (κ1) is 17.0. The topological polar surface area (TPSA) is 60.3 Å². The molecule has 6 nitrogen and oxygen atoms in total. The second kappa shape index (κ2) is 7.36. The Morgan fingerprint density at radius 1 is 1.21 bits per heavy atom. The van der Waals surface area contributed by atoms with Gasteiger partial charge in [0.05, 0.1) is 24.2 Å². The van der Waals surface area contributed by atoms with Gasteiger partial charge in [-0.2, -0.15) is 0 Å². The van der Waals surface area contributed by atoms with Crippen LogP contribution in [-0.4, -0.2) is 52.1 Å². The lowest BCUT2D eigenvalue weighted by molar-refractivity contribution is -0.116. The van der Waals surface area contributed by atoms with Crippen LogP contribution in [0, 0.1) is 6.92 Å². The predicted octanol–water partition coefficient (Wildman–Crippen LogP) is 2.48. The second-order valence-corrected chi connectivity index (χ2v) is 7.23. The van der Waals surface area contributed by atoms with Crippen LogP contribution in [0.2, 0.25) is 0 Å². The fraction of sp³-hybridized carbons (Fsp3) is 0.471. The standard InChI is InChI=1S/C17H22N4O2S/c1-12-4-6-15(7-5-12)21-16(20-8-10-23-11-9-20)18-19-17(21)24-14(3)13(2)22/h4-7,14H,8-11H2,1-3H3/t14-/m0/s1. The Labute approximate surface area is 146 Å². The third-order valence-corrected chi connectivity index (χ3v) is 5.22. The molecule has 0 radical (unpaired) electrons. The van der Waals surface area contributed by atoms with E-state index < -0.39 is 0 Å². The maximum absolute atomic E-state index is 11.6. The number of Topliss-reactive ketones (excluding diaryl/α,β-unsaturated/α-hetero) is 1. The van der Waals surface area contributed by atoms with Gasteiger partial charge in [-0.15, -0.1) is 10.2 Å². The first-order chi connectivity index (χ1) is 11.6. The van der Waals surface area contributed by atoms with Gasteiger partial charge in [-0.05, 0) is 32.9 Å². The number of benzene rings is 1. The molecule has 0 spiro atoms. The molecule has 0 unspecified atom stereocenters. The lowest BCUT2D eigenvalue weighted by atomic mass is 10.2. The Hall–Kier alpha value is -1.86. The Morgan fingerprint density at radius 3 is 2.50 bits per heavy atom. The van der Waals surface area contributed by atoms with Gasteiger partial charge in [0.25, 0.3) is 0 Å². The first-order valence-electron chi connectivity index (χ1n) is 8.08. The summed E-state index contributed by atoms with van der Waals surface area (Å²) in [6.45, 7) is 8.52. The van der Waals surface area contributed by atoms with Crippen molar-refractivity contribution in [3.63, 3.8) is 0 Å². The molecule has 1 aromatic heterocycles. The van der Waals surface area contributed by atoms with E-state index in [2.05, 4.69) is 46.3 Å². The summed E-state index contributed by atoms with van der Waals surface area (Å²) in [5.74, 6) is 0.937. The Morgan fingerprint density at radius 2 is 1.88 bits per heavy atom. The number of ketones is 1. The van der Waals surface area contributed by atoms with Crippen LogP contribution in [-0.2, 0) is 9.53 Å². The van der Waals surface area contributed by atoms with E-state index in [1.54, 1.807) is 6.92 Å². The van der Waals surface area contributed by atoms with Crippen molar-refractivity contribution >= 4 is 23.5 Å². The minimum Gasteiger partial charge on any atom is -0.378 e. The monoisotopic (exact) mass is 346 g/mol. The molecule has 3 rings (SSSR count). The zero-order valence-corrected chi connectivity index (χ0v) is 15.0. The average molecular weight is 346 g/mol. The van der Waals surface area contributed by atoms with E-state index in [4.69, 9.17) is 4.74 Å². The van der Waals surface area contributed by atoms with Gasteiger partial charge in [0.1, 0.15) is 5.78 Å². The highest BCUT2D eigenvalue weighted by molar-refractivity contribution is 8.00. The number of thioether (sulfide) groups is 1. The van der Waals surface area contributed by atoms with Crippen molar-refractivity contribution in [3.8, 4) is 5.69 Å². The molecule has 0 N–H and O–H groups in total. The first-order valence-corrected chi connectivity index (χ1v) is 8.96. The number of rotatable bonds is 5.